The molecule has 2 heterocycles. The van der Waals surface area contributed by atoms with Gasteiger partial charge in [-0.3, -0.25) is 9.59 Å². The molecule has 0 radical (unpaired) electrons. The fraction of sp³-hybridized carbons (Fsp3) is 0.120. The molecule has 1 aromatic heterocycles. The Kier molecular flexibility index (Phi) is 4.55. The van der Waals surface area contributed by atoms with Crippen LogP contribution in [0, 0.1) is 5.82 Å². The van der Waals surface area contributed by atoms with Crippen molar-refractivity contribution >= 4 is 16.9 Å². The van der Waals surface area contributed by atoms with Gasteiger partial charge in [-0.15, -0.1) is 0 Å². The molecule has 6 heteroatoms. The molecule has 4 aromatic rings. The van der Waals surface area contributed by atoms with Gasteiger partial charge in [0.25, 0.3) is 5.91 Å². The lowest BCUT2D eigenvalue weighted by Crippen LogP contribution is -2.29. The molecular weight excluding hydrogens is 397 g/mol. The second-order valence-electron chi connectivity index (χ2n) is 7.41. The van der Waals surface area contributed by atoms with E-state index in [0.29, 0.717) is 22.3 Å². The van der Waals surface area contributed by atoms with Crippen molar-refractivity contribution in [2.75, 3.05) is 7.11 Å². The van der Waals surface area contributed by atoms with Gasteiger partial charge >= 0.3 is 0 Å². The van der Waals surface area contributed by atoms with E-state index in [9.17, 15) is 14.0 Å². The lowest BCUT2D eigenvalue weighted by Gasteiger charge is -2.25. The van der Waals surface area contributed by atoms with Gasteiger partial charge in [-0.05, 0) is 47.5 Å². The van der Waals surface area contributed by atoms with Crippen molar-refractivity contribution in [2.45, 2.75) is 12.6 Å². The predicted molar refractivity (Wildman–Crippen MR) is 114 cm³/mol. The van der Waals surface area contributed by atoms with Crippen LogP contribution in [0.25, 0.3) is 11.0 Å². The monoisotopic (exact) mass is 415 g/mol. The molecule has 1 aliphatic heterocycles. The van der Waals surface area contributed by atoms with Gasteiger partial charge in [0.15, 0.2) is 5.43 Å². The fourth-order valence-electron chi connectivity index (χ4n) is 4.07. The SMILES string of the molecule is COc1cccc([C@H]2c3c(oc4ccccc4c3=O)C(=O)N2Cc2ccc(F)cc2)c1. The first-order valence-corrected chi connectivity index (χ1v) is 9.82. The van der Waals surface area contributed by atoms with E-state index in [1.807, 2.05) is 12.1 Å². The quantitative estimate of drug-likeness (QED) is 0.485. The van der Waals surface area contributed by atoms with Crippen molar-refractivity contribution in [1.82, 2.24) is 4.90 Å². The molecule has 31 heavy (non-hydrogen) atoms. The molecule has 5 rings (SSSR count). The topological polar surface area (TPSA) is 59.8 Å². The summed E-state index contributed by atoms with van der Waals surface area (Å²) >= 11 is 0. The normalized spacial score (nSPS) is 15.4. The first-order chi connectivity index (χ1) is 15.1. The van der Waals surface area contributed by atoms with Crippen molar-refractivity contribution in [2.24, 2.45) is 0 Å². The van der Waals surface area contributed by atoms with Crippen molar-refractivity contribution in [1.29, 1.82) is 0 Å². The van der Waals surface area contributed by atoms with E-state index in [2.05, 4.69) is 0 Å². The van der Waals surface area contributed by atoms with Crippen LogP contribution < -0.4 is 10.2 Å². The number of nitrogens with zero attached hydrogens (tertiary/aromatic N) is 1. The highest BCUT2D eigenvalue weighted by Gasteiger charge is 2.42. The van der Waals surface area contributed by atoms with Gasteiger partial charge in [-0.2, -0.15) is 0 Å². The van der Waals surface area contributed by atoms with Crippen molar-refractivity contribution < 1.29 is 18.3 Å². The van der Waals surface area contributed by atoms with Crippen LogP contribution in [0.1, 0.15) is 33.3 Å². The third-order valence-corrected chi connectivity index (χ3v) is 5.55. The summed E-state index contributed by atoms with van der Waals surface area (Å²) in [5, 5.41) is 0.422. The van der Waals surface area contributed by atoms with Crippen LogP contribution in [0.2, 0.25) is 0 Å². The second kappa shape index (κ2) is 7.40. The van der Waals surface area contributed by atoms with Crippen LogP contribution in [-0.2, 0) is 6.54 Å². The number of amides is 1. The van der Waals surface area contributed by atoms with Crippen LogP contribution in [0.3, 0.4) is 0 Å². The number of carbonyl (C=O) groups excluding carboxylic acids is 1. The summed E-state index contributed by atoms with van der Waals surface area (Å²) in [4.78, 5) is 28.4. The zero-order valence-corrected chi connectivity index (χ0v) is 16.7. The maximum Gasteiger partial charge on any atom is 0.291 e. The Bertz CT molecular complexity index is 1360. The summed E-state index contributed by atoms with van der Waals surface area (Å²) in [5.74, 6) is -0.0776. The van der Waals surface area contributed by atoms with E-state index in [4.69, 9.17) is 9.15 Å². The number of hydrogen-bond donors (Lipinski definition) is 0. The van der Waals surface area contributed by atoms with E-state index >= 15 is 0 Å². The van der Waals surface area contributed by atoms with Gasteiger partial charge in [0, 0.05) is 6.54 Å². The highest BCUT2D eigenvalue weighted by Crippen LogP contribution is 2.39. The molecule has 154 valence electrons. The first-order valence-electron chi connectivity index (χ1n) is 9.82. The van der Waals surface area contributed by atoms with E-state index in [0.717, 1.165) is 11.1 Å². The first kappa shape index (κ1) is 19.1. The third kappa shape index (κ3) is 3.17. The van der Waals surface area contributed by atoms with Crippen LogP contribution in [0.5, 0.6) is 5.75 Å². The van der Waals surface area contributed by atoms with Crippen molar-refractivity contribution in [3.8, 4) is 5.75 Å². The Balaban J connectivity index is 1.71. The second-order valence-corrected chi connectivity index (χ2v) is 7.41. The lowest BCUT2D eigenvalue weighted by molar-refractivity contribution is 0.0714. The maximum absolute atomic E-state index is 13.4. The zero-order chi connectivity index (χ0) is 21.5. The van der Waals surface area contributed by atoms with Crippen molar-refractivity contribution in [3.63, 3.8) is 0 Å². The van der Waals surface area contributed by atoms with Gasteiger partial charge in [0.1, 0.15) is 17.1 Å². The number of rotatable bonds is 4. The summed E-state index contributed by atoms with van der Waals surface area (Å²) < 4.78 is 24.6. The number of carbonyl (C=O) groups is 1. The number of benzene rings is 3. The predicted octanol–water partition coefficient (Wildman–Crippen LogP) is 4.69. The smallest absolute Gasteiger partial charge is 0.291 e. The number of hydrogen-bond acceptors (Lipinski definition) is 4. The largest absolute Gasteiger partial charge is 0.497 e. The molecule has 0 bridgehead atoms. The molecule has 0 saturated carbocycles. The van der Waals surface area contributed by atoms with Crippen LogP contribution in [0.4, 0.5) is 4.39 Å². The Morgan fingerprint density at radius 1 is 1.00 bits per heavy atom. The molecule has 5 nitrogen and oxygen atoms in total. The van der Waals surface area contributed by atoms with E-state index < -0.39 is 6.04 Å². The number of ether oxygens (including phenoxy) is 1. The summed E-state index contributed by atoms with van der Waals surface area (Å²) in [5.41, 5.74) is 1.91. The zero-order valence-electron chi connectivity index (χ0n) is 16.7. The molecule has 1 atom stereocenters. The maximum atomic E-state index is 13.4. The Morgan fingerprint density at radius 3 is 2.55 bits per heavy atom. The summed E-state index contributed by atoms with van der Waals surface area (Å²) in [6, 6.07) is 19.5. The Hall–Kier alpha value is -3.93. The average Bonchev–Trinajstić information content (AvgIpc) is 3.07. The molecule has 0 saturated heterocycles. The third-order valence-electron chi connectivity index (χ3n) is 5.55. The number of methoxy groups -OCH3 is 1. The molecule has 3 aromatic carbocycles. The molecular formula is C25H18FNO4. The van der Waals surface area contributed by atoms with Gasteiger partial charge in [-0.1, -0.05) is 36.4 Å². The minimum Gasteiger partial charge on any atom is -0.497 e. The summed E-state index contributed by atoms with van der Waals surface area (Å²) in [6.07, 6.45) is 0. The molecule has 1 aliphatic rings. The van der Waals surface area contributed by atoms with E-state index in [-0.39, 0.29) is 29.5 Å². The minimum absolute atomic E-state index is 0.0404. The van der Waals surface area contributed by atoms with Crippen LogP contribution in [0.15, 0.2) is 82.0 Å². The van der Waals surface area contributed by atoms with Gasteiger partial charge in [0.2, 0.25) is 5.76 Å². The number of para-hydroxylation sites is 1. The lowest BCUT2D eigenvalue weighted by atomic mass is 9.98. The highest BCUT2D eigenvalue weighted by molar-refractivity contribution is 5.99. The van der Waals surface area contributed by atoms with Crippen LogP contribution in [-0.4, -0.2) is 17.9 Å². The molecule has 0 N–H and O–H groups in total. The Morgan fingerprint density at radius 2 is 1.77 bits per heavy atom. The fourth-order valence-corrected chi connectivity index (χ4v) is 4.07. The summed E-state index contributed by atoms with van der Waals surface area (Å²) in [7, 11) is 1.56. The standard InChI is InChI=1S/C25H18FNO4/c1-30-18-6-4-5-16(13-18)22-21-23(28)19-7-2-3-8-20(19)31-24(21)25(29)27(22)14-15-9-11-17(26)12-10-15/h2-13,22H,14H2,1H3/t22-/m0/s1. The van der Waals surface area contributed by atoms with Gasteiger partial charge in [0.05, 0.1) is 24.1 Å². The van der Waals surface area contributed by atoms with E-state index in [1.165, 1.54) is 12.1 Å². The van der Waals surface area contributed by atoms with Crippen LogP contribution >= 0.6 is 0 Å². The highest BCUT2D eigenvalue weighted by atomic mass is 19.1. The minimum atomic E-state index is -0.650. The van der Waals surface area contributed by atoms with Gasteiger partial charge in [-0.25, -0.2) is 4.39 Å². The average molecular weight is 415 g/mol. The van der Waals surface area contributed by atoms with Gasteiger partial charge < -0.3 is 14.1 Å². The Labute approximate surface area is 177 Å². The molecule has 1 amide bonds. The molecule has 0 unspecified atom stereocenters. The van der Waals surface area contributed by atoms with Crippen molar-refractivity contribution in [3.05, 3.63) is 111 Å². The number of halogens is 1. The van der Waals surface area contributed by atoms with E-state index in [1.54, 1.807) is 60.5 Å². The molecule has 0 aliphatic carbocycles. The molecule has 0 spiro atoms. The molecule has 0 fully saturated rings. The number of fused-ring (bicyclic) bond motifs is 2. The summed E-state index contributed by atoms with van der Waals surface area (Å²) in [6.45, 7) is 0.195.